The highest BCUT2D eigenvalue weighted by molar-refractivity contribution is 4.47. The van der Waals surface area contributed by atoms with E-state index in [0.29, 0.717) is 13.2 Å². The van der Waals surface area contributed by atoms with Crippen LogP contribution in [0.1, 0.15) is 13.8 Å². The molecule has 14 heavy (non-hydrogen) atoms. The Morgan fingerprint density at radius 3 is 2.00 bits per heavy atom. The molecule has 0 rings (SSSR count). The summed E-state index contributed by atoms with van der Waals surface area (Å²) in [5.74, 6) is 0. The van der Waals surface area contributed by atoms with E-state index in [9.17, 15) is 0 Å². The molecule has 0 aliphatic rings. The fraction of sp³-hybridized carbons (Fsp3) is 1.00. The molecular weight excluding hydrogens is 188 g/mol. The lowest BCUT2D eigenvalue weighted by atomic mass is 10.4. The van der Waals surface area contributed by atoms with Gasteiger partial charge in [0.2, 0.25) is 0 Å². The number of hydrogen-bond acceptors (Lipinski definition) is 5. The Hall–Kier alpha value is -0.200. The van der Waals surface area contributed by atoms with Crippen LogP contribution in [0.2, 0.25) is 0 Å². The van der Waals surface area contributed by atoms with Crippen LogP contribution in [0.4, 0.5) is 0 Å². The summed E-state index contributed by atoms with van der Waals surface area (Å²) in [4.78, 5) is 0. The van der Waals surface area contributed by atoms with Crippen molar-refractivity contribution in [3.8, 4) is 0 Å². The summed E-state index contributed by atoms with van der Waals surface area (Å²) < 4.78 is 9.39. The van der Waals surface area contributed by atoms with Crippen molar-refractivity contribution < 1.29 is 24.8 Å². The van der Waals surface area contributed by atoms with Crippen LogP contribution in [0.25, 0.3) is 0 Å². The summed E-state index contributed by atoms with van der Waals surface area (Å²) in [6.45, 7) is 4.26. The van der Waals surface area contributed by atoms with Gasteiger partial charge in [0, 0.05) is 7.11 Å². The zero-order valence-corrected chi connectivity index (χ0v) is 9.14. The van der Waals surface area contributed by atoms with Crippen LogP contribution in [-0.4, -0.2) is 61.1 Å². The van der Waals surface area contributed by atoms with E-state index in [1.54, 1.807) is 21.0 Å². The van der Waals surface area contributed by atoms with Gasteiger partial charge in [-0.3, -0.25) is 0 Å². The minimum atomic E-state index is -0.445. The van der Waals surface area contributed by atoms with Gasteiger partial charge in [0.15, 0.2) is 0 Å². The van der Waals surface area contributed by atoms with Crippen LogP contribution in [0, 0.1) is 0 Å². The number of aliphatic hydroxyl groups excluding tert-OH is 3. The lowest BCUT2D eigenvalue weighted by Gasteiger charge is -2.10. The molecule has 0 bridgehead atoms. The van der Waals surface area contributed by atoms with Crippen LogP contribution in [0.5, 0.6) is 0 Å². The van der Waals surface area contributed by atoms with Crippen LogP contribution in [0.3, 0.4) is 0 Å². The number of ether oxygens (including phenoxy) is 2. The maximum absolute atomic E-state index is 8.69. The first-order valence-corrected chi connectivity index (χ1v) is 4.58. The summed E-state index contributed by atoms with van der Waals surface area (Å²) in [6, 6.07) is 0. The van der Waals surface area contributed by atoms with E-state index >= 15 is 0 Å². The van der Waals surface area contributed by atoms with Crippen molar-refractivity contribution in [2.24, 2.45) is 0 Å². The van der Waals surface area contributed by atoms with Crippen LogP contribution < -0.4 is 0 Å². The maximum Gasteiger partial charge on any atom is 0.0779 e. The molecular formula is C9H22O5. The maximum atomic E-state index is 8.69. The predicted molar refractivity (Wildman–Crippen MR) is 53.1 cm³/mol. The first-order chi connectivity index (χ1) is 6.58. The standard InChI is InChI=1S/C6H14O3.C3H8O2/c1-5(8)4-9-6(2)3-7;1-5-3-2-4/h5-8H,3-4H2,1-2H3;4H,2-3H2,1H3. The molecule has 0 saturated heterocycles. The molecule has 0 fully saturated rings. The molecule has 2 atom stereocenters. The number of hydrogen-bond donors (Lipinski definition) is 3. The molecule has 0 aliphatic heterocycles. The van der Waals surface area contributed by atoms with Gasteiger partial charge in [0.25, 0.3) is 0 Å². The lowest BCUT2D eigenvalue weighted by Crippen LogP contribution is -2.19. The van der Waals surface area contributed by atoms with Crippen molar-refractivity contribution in [2.75, 3.05) is 33.5 Å². The van der Waals surface area contributed by atoms with Crippen molar-refractivity contribution in [1.82, 2.24) is 0 Å². The second kappa shape index (κ2) is 12.8. The molecule has 0 heterocycles. The third-order valence-corrected chi connectivity index (χ3v) is 1.17. The van der Waals surface area contributed by atoms with E-state index in [4.69, 9.17) is 20.1 Å². The second-order valence-corrected chi connectivity index (χ2v) is 2.89. The smallest absolute Gasteiger partial charge is 0.0779 e. The second-order valence-electron chi connectivity index (χ2n) is 2.89. The van der Waals surface area contributed by atoms with E-state index < -0.39 is 6.10 Å². The minimum absolute atomic E-state index is 0.00667. The van der Waals surface area contributed by atoms with Gasteiger partial charge in [-0.15, -0.1) is 0 Å². The van der Waals surface area contributed by atoms with Gasteiger partial charge in [0.05, 0.1) is 38.6 Å². The van der Waals surface area contributed by atoms with E-state index in [-0.39, 0.29) is 19.3 Å². The van der Waals surface area contributed by atoms with Gasteiger partial charge < -0.3 is 24.8 Å². The lowest BCUT2D eigenvalue weighted by molar-refractivity contribution is -0.0177. The minimum Gasteiger partial charge on any atom is -0.394 e. The number of rotatable bonds is 6. The Kier molecular flexibility index (Phi) is 14.8. The Morgan fingerprint density at radius 1 is 1.21 bits per heavy atom. The quantitative estimate of drug-likeness (QED) is 0.545. The molecule has 3 N–H and O–H groups in total. The highest BCUT2D eigenvalue weighted by atomic mass is 16.5. The molecule has 0 amide bonds. The summed E-state index contributed by atoms with van der Waals surface area (Å²) in [7, 11) is 1.55. The predicted octanol–water partition coefficient (Wildman–Crippen LogP) is -0.610. The van der Waals surface area contributed by atoms with Crippen LogP contribution in [0.15, 0.2) is 0 Å². The summed E-state index contributed by atoms with van der Waals surface area (Å²) in [5, 5.41) is 25.1. The molecule has 0 aromatic carbocycles. The van der Waals surface area contributed by atoms with Gasteiger partial charge in [0.1, 0.15) is 0 Å². The van der Waals surface area contributed by atoms with Gasteiger partial charge in [-0.05, 0) is 13.8 Å². The molecule has 2 unspecified atom stereocenters. The Morgan fingerprint density at radius 2 is 1.79 bits per heavy atom. The Balaban J connectivity index is 0. The molecule has 5 heteroatoms. The molecule has 0 spiro atoms. The molecule has 0 aromatic heterocycles. The molecule has 0 aromatic rings. The third kappa shape index (κ3) is 17.8. The fourth-order valence-corrected chi connectivity index (χ4v) is 0.448. The highest BCUT2D eigenvalue weighted by Gasteiger charge is 2.00. The number of aliphatic hydroxyl groups is 3. The summed E-state index contributed by atoms with van der Waals surface area (Å²) in [5.41, 5.74) is 0. The fourth-order valence-electron chi connectivity index (χ4n) is 0.448. The normalized spacial score (nSPS) is 14.1. The average Bonchev–Trinajstić information content (AvgIpc) is 2.16. The van der Waals surface area contributed by atoms with Crippen molar-refractivity contribution >= 4 is 0 Å². The Labute approximate surface area is 85.3 Å². The summed E-state index contributed by atoms with van der Waals surface area (Å²) in [6.07, 6.45) is -0.612. The molecule has 88 valence electrons. The van der Waals surface area contributed by atoms with Crippen molar-refractivity contribution in [1.29, 1.82) is 0 Å². The summed E-state index contributed by atoms with van der Waals surface area (Å²) >= 11 is 0. The molecule has 0 saturated carbocycles. The average molecular weight is 210 g/mol. The number of methoxy groups -OCH3 is 1. The monoisotopic (exact) mass is 210 g/mol. The van der Waals surface area contributed by atoms with Crippen LogP contribution in [-0.2, 0) is 9.47 Å². The first kappa shape index (κ1) is 16.2. The third-order valence-electron chi connectivity index (χ3n) is 1.17. The highest BCUT2D eigenvalue weighted by Crippen LogP contribution is 1.90. The van der Waals surface area contributed by atoms with Gasteiger partial charge in [-0.2, -0.15) is 0 Å². The molecule has 5 nitrogen and oxygen atoms in total. The molecule has 0 radical (unpaired) electrons. The zero-order valence-electron chi connectivity index (χ0n) is 9.14. The largest absolute Gasteiger partial charge is 0.394 e. The molecule has 0 aliphatic carbocycles. The first-order valence-electron chi connectivity index (χ1n) is 4.58. The van der Waals surface area contributed by atoms with Gasteiger partial charge >= 0.3 is 0 Å². The van der Waals surface area contributed by atoms with Gasteiger partial charge in [-0.1, -0.05) is 0 Å². The van der Waals surface area contributed by atoms with Crippen molar-refractivity contribution in [3.05, 3.63) is 0 Å². The van der Waals surface area contributed by atoms with E-state index in [1.165, 1.54) is 0 Å². The SMILES string of the molecule is CC(O)COC(C)CO.COCCO. The van der Waals surface area contributed by atoms with Crippen LogP contribution >= 0.6 is 0 Å². The zero-order chi connectivity index (χ0) is 11.4. The Bertz CT molecular complexity index is 95.2. The van der Waals surface area contributed by atoms with E-state index in [2.05, 4.69) is 4.74 Å². The van der Waals surface area contributed by atoms with E-state index in [1.807, 2.05) is 0 Å². The van der Waals surface area contributed by atoms with Crippen molar-refractivity contribution in [3.63, 3.8) is 0 Å². The van der Waals surface area contributed by atoms with Crippen molar-refractivity contribution in [2.45, 2.75) is 26.1 Å². The topological polar surface area (TPSA) is 79.2 Å². The van der Waals surface area contributed by atoms with Gasteiger partial charge in [-0.25, -0.2) is 0 Å². The van der Waals surface area contributed by atoms with E-state index in [0.717, 1.165) is 0 Å².